The maximum absolute atomic E-state index is 6.51. The minimum atomic E-state index is 0.413. The fourth-order valence-electron chi connectivity index (χ4n) is 5.74. The lowest BCUT2D eigenvalue weighted by atomic mass is 9.65. The van der Waals surface area contributed by atoms with Crippen LogP contribution in [0.4, 0.5) is 0 Å². The largest absolute Gasteiger partial charge is 0.0843 e. The Morgan fingerprint density at radius 2 is 1.71 bits per heavy atom. The fraction of sp³-hybridized carbons (Fsp3) is 0.200. The van der Waals surface area contributed by atoms with E-state index in [1.807, 2.05) is 0 Å². The number of hydrogen-bond acceptors (Lipinski definition) is 0. The summed E-state index contributed by atoms with van der Waals surface area (Å²) < 4.78 is 0. The summed E-state index contributed by atoms with van der Waals surface area (Å²) in [7, 11) is 0. The third-order valence-corrected chi connectivity index (χ3v) is 7.43. The van der Waals surface area contributed by atoms with Gasteiger partial charge in [0.05, 0.1) is 0 Å². The lowest BCUT2D eigenvalue weighted by Gasteiger charge is -2.39. The van der Waals surface area contributed by atoms with Crippen molar-refractivity contribution in [3.63, 3.8) is 0 Å². The highest BCUT2D eigenvalue weighted by atomic mass is 35.5. The Morgan fingerprint density at radius 1 is 0.839 bits per heavy atom. The molecule has 0 fully saturated rings. The molecule has 0 nitrogen and oxygen atoms in total. The first-order chi connectivity index (χ1) is 15.3. The van der Waals surface area contributed by atoms with Crippen LogP contribution in [0.15, 0.2) is 108 Å². The van der Waals surface area contributed by atoms with Crippen LogP contribution in [0, 0.1) is 5.92 Å². The molecule has 2 atom stereocenters. The van der Waals surface area contributed by atoms with Gasteiger partial charge >= 0.3 is 0 Å². The lowest BCUT2D eigenvalue weighted by Crippen LogP contribution is -2.22. The number of fused-ring (bicyclic) bond motifs is 4. The van der Waals surface area contributed by atoms with Gasteiger partial charge in [-0.2, -0.15) is 0 Å². The molecule has 2 aromatic carbocycles. The van der Waals surface area contributed by atoms with Gasteiger partial charge in [0.2, 0.25) is 0 Å². The molecule has 4 aliphatic rings. The number of benzene rings is 2. The molecule has 31 heavy (non-hydrogen) atoms. The van der Waals surface area contributed by atoms with Crippen molar-refractivity contribution in [1.29, 1.82) is 0 Å². The number of rotatable bonds is 2. The van der Waals surface area contributed by atoms with Gasteiger partial charge in [-0.05, 0) is 82.9 Å². The van der Waals surface area contributed by atoms with E-state index in [4.69, 9.17) is 11.6 Å². The van der Waals surface area contributed by atoms with Gasteiger partial charge < -0.3 is 0 Å². The molecule has 152 valence electrons. The minimum absolute atomic E-state index is 0.413. The molecule has 2 unspecified atom stereocenters. The van der Waals surface area contributed by atoms with Gasteiger partial charge in [0, 0.05) is 16.9 Å². The standard InChI is InChI=1S/C30H25Cl/c31-22-15-16-25-28(17-22)27(21-11-5-2-6-12-21)19-29-24-14-8-7-13-23(24)26(18-30(25)29)20-9-3-1-4-10-20/h1-5,7-11,14-18,23,27H,6,12-13,19H2. The first kappa shape index (κ1) is 18.9. The highest BCUT2D eigenvalue weighted by molar-refractivity contribution is 6.30. The zero-order valence-corrected chi connectivity index (χ0v) is 18.3. The van der Waals surface area contributed by atoms with Crippen LogP contribution < -0.4 is 0 Å². The molecule has 0 heterocycles. The summed E-state index contributed by atoms with van der Waals surface area (Å²) in [6.07, 6.45) is 20.7. The van der Waals surface area contributed by atoms with E-state index in [1.165, 1.54) is 39.0 Å². The molecule has 0 spiro atoms. The maximum atomic E-state index is 6.51. The van der Waals surface area contributed by atoms with Gasteiger partial charge in [-0.25, -0.2) is 0 Å². The second kappa shape index (κ2) is 7.70. The first-order valence-electron chi connectivity index (χ1n) is 11.3. The van der Waals surface area contributed by atoms with E-state index < -0.39 is 0 Å². The first-order valence-corrected chi connectivity index (χ1v) is 11.7. The zero-order valence-electron chi connectivity index (χ0n) is 17.5. The second-order valence-corrected chi connectivity index (χ2v) is 9.33. The molecule has 1 heteroatoms. The van der Waals surface area contributed by atoms with Crippen LogP contribution in [0.5, 0.6) is 0 Å². The van der Waals surface area contributed by atoms with Crippen LogP contribution in [0.2, 0.25) is 5.02 Å². The van der Waals surface area contributed by atoms with Crippen molar-refractivity contribution in [3.05, 3.63) is 129 Å². The number of hydrogen-bond donors (Lipinski definition) is 0. The summed E-state index contributed by atoms with van der Waals surface area (Å²) in [5.41, 5.74) is 11.5. The summed E-state index contributed by atoms with van der Waals surface area (Å²) in [4.78, 5) is 0. The molecule has 0 bridgehead atoms. The van der Waals surface area contributed by atoms with Gasteiger partial charge in [0.25, 0.3) is 0 Å². The Morgan fingerprint density at radius 3 is 2.55 bits per heavy atom. The molecule has 4 aliphatic carbocycles. The molecular weight excluding hydrogens is 396 g/mol. The van der Waals surface area contributed by atoms with E-state index in [-0.39, 0.29) is 0 Å². The third-order valence-electron chi connectivity index (χ3n) is 7.20. The summed E-state index contributed by atoms with van der Waals surface area (Å²) in [5.74, 6) is 0.859. The van der Waals surface area contributed by atoms with Gasteiger partial charge in [-0.3, -0.25) is 0 Å². The van der Waals surface area contributed by atoms with E-state index in [0.29, 0.717) is 11.8 Å². The van der Waals surface area contributed by atoms with E-state index in [9.17, 15) is 0 Å². The molecule has 0 aliphatic heterocycles. The average molecular weight is 421 g/mol. The second-order valence-electron chi connectivity index (χ2n) is 8.89. The lowest BCUT2D eigenvalue weighted by molar-refractivity contribution is 0.691. The van der Waals surface area contributed by atoms with Crippen LogP contribution in [-0.4, -0.2) is 0 Å². The van der Waals surface area contributed by atoms with Crippen molar-refractivity contribution in [1.82, 2.24) is 0 Å². The number of allylic oxidation sites excluding steroid dienone is 12. The Hall–Kier alpha value is -2.83. The highest BCUT2D eigenvalue weighted by Gasteiger charge is 2.36. The Bertz CT molecular complexity index is 1230. The van der Waals surface area contributed by atoms with Gasteiger partial charge in [-0.15, -0.1) is 0 Å². The molecule has 0 amide bonds. The maximum Gasteiger partial charge on any atom is 0.0409 e. The Balaban J connectivity index is 1.57. The van der Waals surface area contributed by atoms with Crippen LogP contribution >= 0.6 is 11.6 Å². The van der Waals surface area contributed by atoms with Gasteiger partial charge in [0.15, 0.2) is 0 Å². The van der Waals surface area contributed by atoms with Gasteiger partial charge in [0.1, 0.15) is 0 Å². The predicted molar refractivity (Wildman–Crippen MR) is 132 cm³/mol. The van der Waals surface area contributed by atoms with Crippen LogP contribution in [0.25, 0.3) is 11.1 Å². The topological polar surface area (TPSA) is 0 Å². The van der Waals surface area contributed by atoms with E-state index in [1.54, 1.807) is 5.57 Å². The molecule has 0 saturated carbocycles. The van der Waals surface area contributed by atoms with Crippen molar-refractivity contribution >= 4 is 22.7 Å². The Labute approximate surface area is 189 Å². The summed E-state index contributed by atoms with van der Waals surface area (Å²) in [6.45, 7) is 0. The highest BCUT2D eigenvalue weighted by Crippen LogP contribution is 2.53. The van der Waals surface area contributed by atoms with E-state index in [0.717, 1.165) is 30.7 Å². The summed E-state index contributed by atoms with van der Waals surface area (Å²) in [5, 5.41) is 0.834. The fourth-order valence-corrected chi connectivity index (χ4v) is 5.92. The SMILES string of the molecule is Clc1ccc2c(c1)C(C1=CC=CCC1)CC1=C2C=C(c2ccccc2)C2CC=CC=C12. The molecule has 0 radical (unpaired) electrons. The molecule has 6 rings (SSSR count). The molecule has 2 aromatic rings. The van der Waals surface area contributed by atoms with Crippen LogP contribution in [0.1, 0.15) is 48.3 Å². The third kappa shape index (κ3) is 3.22. The smallest absolute Gasteiger partial charge is 0.0409 e. The van der Waals surface area contributed by atoms with Crippen molar-refractivity contribution in [2.24, 2.45) is 5.92 Å². The molecule has 0 aromatic heterocycles. The zero-order chi connectivity index (χ0) is 20.8. The van der Waals surface area contributed by atoms with Crippen molar-refractivity contribution in [3.8, 4) is 0 Å². The average Bonchev–Trinajstić information content (AvgIpc) is 2.84. The van der Waals surface area contributed by atoms with Crippen LogP contribution in [0.3, 0.4) is 0 Å². The molecular formula is C30H25Cl. The van der Waals surface area contributed by atoms with E-state index >= 15 is 0 Å². The van der Waals surface area contributed by atoms with Gasteiger partial charge in [-0.1, -0.05) is 90.0 Å². The molecule has 0 saturated heterocycles. The molecule has 0 N–H and O–H groups in total. The Kier molecular flexibility index (Phi) is 4.69. The van der Waals surface area contributed by atoms with Crippen molar-refractivity contribution in [2.45, 2.75) is 31.6 Å². The summed E-state index contributed by atoms with van der Waals surface area (Å²) >= 11 is 6.51. The number of halogens is 1. The quantitative estimate of drug-likeness (QED) is 0.457. The van der Waals surface area contributed by atoms with Crippen molar-refractivity contribution < 1.29 is 0 Å². The predicted octanol–water partition coefficient (Wildman–Crippen LogP) is 8.46. The van der Waals surface area contributed by atoms with Crippen LogP contribution in [-0.2, 0) is 0 Å². The minimum Gasteiger partial charge on any atom is -0.0843 e. The van der Waals surface area contributed by atoms with E-state index in [2.05, 4.69) is 91.1 Å². The summed E-state index contributed by atoms with van der Waals surface area (Å²) in [6, 6.07) is 17.4. The monoisotopic (exact) mass is 420 g/mol. The normalized spacial score (nSPS) is 24.0. The van der Waals surface area contributed by atoms with Crippen molar-refractivity contribution in [2.75, 3.05) is 0 Å².